The Morgan fingerprint density at radius 1 is 0.969 bits per heavy atom. The minimum atomic E-state index is -3.92. The molecular weight excluding hydrogens is 428 g/mol. The van der Waals surface area contributed by atoms with E-state index < -0.39 is 22.0 Å². The molecule has 32 heavy (non-hydrogen) atoms. The van der Waals surface area contributed by atoms with E-state index in [2.05, 4.69) is 10.0 Å². The molecule has 3 rings (SSSR count). The van der Waals surface area contributed by atoms with Gasteiger partial charge in [-0.3, -0.25) is 4.79 Å². The minimum Gasteiger partial charge on any atom is -0.493 e. The van der Waals surface area contributed by atoms with Gasteiger partial charge in [-0.15, -0.1) is 0 Å². The molecule has 0 aliphatic carbocycles. The summed E-state index contributed by atoms with van der Waals surface area (Å²) in [4.78, 5) is 13.1. The zero-order valence-electron chi connectivity index (χ0n) is 18.6. The van der Waals surface area contributed by atoms with Crippen LogP contribution in [0.1, 0.15) is 20.8 Å². The molecule has 0 bridgehead atoms. The van der Waals surface area contributed by atoms with Gasteiger partial charge in [0.15, 0.2) is 11.5 Å². The number of amides is 1. The van der Waals surface area contributed by atoms with Crippen LogP contribution in [-0.2, 0) is 14.8 Å². The van der Waals surface area contributed by atoms with Crippen molar-refractivity contribution >= 4 is 32.4 Å². The third-order valence-electron chi connectivity index (χ3n) is 4.99. The van der Waals surface area contributed by atoms with E-state index in [1.165, 1.54) is 13.2 Å². The number of nitrogens with one attached hydrogen (secondary N) is 2. The van der Waals surface area contributed by atoms with Crippen LogP contribution in [0.15, 0.2) is 65.6 Å². The summed E-state index contributed by atoms with van der Waals surface area (Å²) in [7, 11) is -2.40. The fourth-order valence-electron chi connectivity index (χ4n) is 3.30. The highest BCUT2D eigenvalue weighted by molar-refractivity contribution is 7.89. The summed E-state index contributed by atoms with van der Waals surface area (Å²) in [6, 6.07) is 16.4. The number of ether oxygens (including phenoxy) is 2. The average Bonchev–Trinajstić information content (AvgIpc) is 2.78. The van der Waals surface area contributed by atoms with Crippen molar-refractivity contribution in [3.8, 4) is 11.5 Å². The Morgan fingerprint density at radius 2 is 1.69 bits per heavy atom. The molecule has 0 saturated carbocycles. The summed E-state index contributed by atoms with van der Waals surface area (Å²) in [6.07, 6.45) is 0. The normalized spacial score (nSPS) is 12.5. The summed E-state index contributed by atoms with van der Waals surface area (Å²) in [6.45, 7) is 5.91. The maximum atomic E-state index is 13.0. The molecule has 0 radical (unpaired) electrons. The molecule has 0 aliphatic rings. The zero-order valence-corrected chi connectivity index (χ0v) is 19.4. The molecule has 1 amide bonds. The molecule has 0 aliphatic heterocycles. The Hall–Kier alpha value is -3.10. The number of benzene rings is 3. The molecule has 170 valence electrons. The van der Waals surface area contributed by atoms with Crippen molar-refractivity contribution in [1.82, 2.24) is 4.72 Å². The van der Waals surface area contributed by atoms with Gasteiger partial charge in [0.1, 0.15) is 6.04 Å². The lowest BCUT2D eigenvalue weighted by atomic mass is 10.0. The van der Waals surface area contributed by atoms with Crippen molar-refractivity contribution in [1.29, 1.82) is 0 Å². The van der Waals surface area contributed by atoms with Crippen molar-refractivity contribution in [3.63, 3.8) is 0 Å². The van der Waals surface area contributed by atoms with Crippen LogP contribution in [0.2, 0.25) is 0 Å². The molecule has 1 unspecified atom stereocenters. The van der Waals surface area contributed by atoms with Crippen LogP contribution in [0.25, 0.3) is 10.8 Å². The summed E-state index contributed by atoms with van der Waals surface area (Å²) in [5.74, 6) is 0.290. The largest absolute Gasteiger partial charge is 0.493 e. The van der Waals surface area contributed by atoms with Gasteiger partial charge < -0.3 is 14.8 Å². The SMILES string of the molecule is CCOc1ccc(NC(=O)C(NS(=O)(=O)c2ccc3ccccc3c2)C(C)C)cc1OC. The third-order valence-corrected chi connectivity index (χ3v) is 6.43. The summed E-state index contributed by atoms with van der Waals surface area (Å²) >= 11 is 0. The standard InChI is InChI=1S/C24H28N2O5S/c1-5-31-21-13-11-19(15-22(21)30-4)25-24(27)23(16(2)3)26-32(28,29)20-12-10-17-8-6-7-9-18(17)14-20/h6-16,23,26H,5H2,1-4H3,(H,25,27). The zero-order chi connectivity index (χ0) is 23.3. The van der Waals surface area contributed by atoms with Crippen molar-refractivity contribution in [2.24, 2.45) is 5.92 Å². The number of hydrogen-bond acceptors (Lipinski definition) is 5. The van der Waals surface area contributed by atoms with Crippen LogP contribution in [0, 0.1) is 5.92 Å². The fraction of sp³-hybridized carbons (Fsp3) is 0.292. The highest BCUT2D eigenvalue weighted by atomic mass is 32.2. The minimum absolute atomic E-state index is 0.109. The van der Waals surface area contributed by atoms with Gasteiger partial charge in [0, 0.05) is 11.8 Å². The number of carbonyl (C=O) groups excluding carboxylic acids is 1. The average molecular weight is 457 g/mol. The van der Waals surface area contributed by atoms with Gasteiger partial charge in [0.05, 0.1) is 18.6 Å². The first-order chi connectivity index (χ1) is 15.2. The molecule has 0 spiro atoms. The third kappa shape index (κ3) is 5.38. The van der Waals surface area contributed by atoms with Crippen LogP contribution in [0.3, 0.4) is 0 Å². The summed E-state index contributed by atoms with van der Waals surface area (Å²) in [5.41, 5.74) is 0.478. The Bertz CT molecular complexity index is 1210. The maximum Gasteiger partial charge on any atom is 0.242 e. The number of rotatable bonds is 9. The van der Waals surface area contributed by atoms with Gasteiger partial charge in [-0.2, -0.15) is 4.72 Å². The van der Waals surface area contributed by atoms with E-state index in [9.17, 15) is 13.2 Å². The van der Waals surface area contributed by atoms with E-state index in [4.69, 9.17) is 9.47 Å². The lowest BCUT2D eigenvalue weighted by Gasteiger charge is -2.22. The van der Waals surface area contributed by atoms with E-state index in [0.29, 0.717) is 23.8 Å². The Labute approximate surface area is 188 Å². The predicted octanol–water partition coefficient (Wildman–Crippen LogP) is 4.19. The molecule has 7 nitrogen and oxygen atoms in total. The van der Waals surface area contributed by atoms with Gasteiger partial charge in [0.2, 0.25) is 15.9 Å². The molecule has 3 aromatic rings. The second-order valence-electron chi connectivity index (χ2n) is 7.64. The second kappa shape index (κ2) is 10.0. The number of fused-ring (bicyclic) bond motifs is 1. The van der Waals surface area contributed by atoms with Crippen molar-refractivity contribution in [2.45, 2.75) is 31.7 Å². The fourth-order valence-corrected chi connectivity index (χ4v) is 4.68. The Morgan fingerprint density at radius 3 is 2.34 bits per heavy atom. The van der Waals surface area contributed by atoms with Crippen LogP contribution >= 0.6 is 0 Å². The van der Waals surface area contributed by atoms with Gasteiger partial charge in [-0.25, -0.2) is 8.42 Å². The first-order valence-corrected chi connectivity index (χ1v) is 11.9. The van der Waals surface area contributed by atoms with Crippen molar-refractivity contribution in [3.05, 3.63) is 60.7 Å². The molecule has 0 saturated heterocycles. The van der Waals surface area contributed by atoms with E-state index in [0.717, 1.165) is 10.8 Å². The number of sulfonamides is 1. The molecule has 2 N–H and O–H groups in total. The highest BCUT2D eigenvalue weighted by Crippen LogP contribution is 2.30. The highest BCUT2D eigenvalue weighted by Gasteiger charge is 2.28. The van der Waals surface area contributed by atoms with Crippen LogP contribution in [0.5, 0.6) is 11.5 Å². The smallest absolute Gasteiger partial charge is 0.242 e. The molecule has 8 heteroatoms. The molecule has 0 fully saturated rings. The number of hydrogen-bond donors (Lipinski definition) is 2. The van der Waals surface area contributed by atoms with E-state index in [1.807, 2.05) is 31.2 Å². The lowest BCUT2D eigenvalue weighted by molar-refractivity contribution is -0.118. The molecule has 0 aromatic heterocycles. The van der Waals surface area contributed by atoms with E-state index in [-0.39, 0.29) is 10.8 Å². The number of carbonyl (C=O) groups is 1. The summed E-state index contributed by atoms with van der Waals surface area (Å²) in [5, 5.41) is 4.52. The Balaban J connectivity index is 1.81. The monoisotopic (exact) mass is 456 g/mol. The molecular formula is C24H28N2O5S. The van der Waals surface area contributed by atoms with Crippen molar-refractivity contribution < 1.29 is 22.7 Å². The first kappa shape index (κ1) is 23.6. The van der Waals surface area contributed by atoms with Crippen LogP contribution in [0.4, 0.5) is 5.69 Å². The first-order valence-electron chi connectivity index (χ1n) is 10.4. The second-order valence-corrected chi connectivity index (χ2v) is 9.35. The maximum absolute atomic E-state index is 13.0. The van der Waals surface area contributed by atoms with Gasteiger partial charge in [-0.1, -0.05) is 44.2 Å². The Kier molecular flexibility index (Phi) is 7.37. The molecule has 0 heterocycles. The quantitative estimate of drug-likeness (QED) is 0.504. The predicted molar refractivity (Wildman–Crippen MR) is 126 cm³/mol. The molecule has 1 atom stereocenters. The van der Waals surface area contributed by atoms with E-state index in [1.54, 1.807) is 44.2 Å². The van der Waals surface area contributed by atoms with E-state index >= 15 is 0 Å². The van der Waals surface area contributed by atoms with Crippen molar-refractivity contribution in [2.75, 3.05) is 19.0 Å². The summed E-state index contributed by atoms with van der Waals surface area (Å²) < 4.78 is 39.4. The number of methoxy groups -OCH3 is 1. The van der Waals surface area contributed by atoms with Gasteiger partial charge in [-0.05, 0) is 47.9 Å². The van der Waals surface area contributed by atoms with Crippen LogP contribution < -0.4 is 19.5 Å². The van der Waals surface area contributed by atoms with Gasteiger partial charge in [0.25, 0.3) is 0 Å². The topological polar surface area (TPSA) is 93.7 Å². The molecule has 3 aromatic carbocycles. The van der Waals surface area contributed by atoms with Gasteiger partial charge >= 0.3 is 0 Å². The van der Waals surface area contributed by atoms with Crippen LogP contribution in [-0.4, -0.2) is 34.1 Å². The lowest BCUT2D eigenvalue weighted by Crippen LogP contribution is -2.47. The number of anilines is 1.